The summed E-state index contributed by atoms with van der Waals surface area (Å²) in [6.45, 7) is 0. The molecule has 23 heavy (non-hydrogen) atoms. The van der Waals surface area contributed by atoms with Gasteiger partial charge >= 0.3 is 0 Å². The van der Waals surface area contributed by atoms with Crippen LogP contribution in [0.4, 0.5) is 0 Å². The van der Waals surface area contributed by atoms with E-state index in [9.17, 15) is 23.1 Å². The lowest BCUT2D eigenvalue weighted by molar-refractivity contribution is -0.116. The highest BCUT2D eigenvalue weighted by atomic mass is 35.5. The number of Topliss-reactive ketones (excluding diaryl/α,β-unsaturated/α-hetero) is 2. The molecule has 0 bridgehead atoms. The third-order valence-corrected chi connectivity index (χ3v) is 5.02. The number of hydrogen-bond donors (Lipinski definition) is 1. The number of rotatable bonds is 4. The maximum absolute atomic E-state index is 12.5. The van der Waals surface area contributed by atoms with E-state index >= 15 is 0 Å². The van der Waals surface area contributed by atoms with E-state index in [1.807, 2.05) is 0 Å². The molecule has 0 radical (unpaired) electrons. The van der Waals surface area contributed by atoms with Crippen molar-refractivity contribution in [2.75, 3.05) is 13.4 Å². The fraction of sp³-hybridized carbons (Fsp3) is 0.333. The summed E-state index contributed by atoms with van der Waals surface area (Å²) in [6.07, 6.45) is 1.87. The third kappa shape index (κ3) is 3.25. The van der Waals surface area contributed by atoms with Gasteiger partial charge < -0.3 is 9.84 Å². The van der Waals surface area contributed by atoms with Gasteiger partial charge in [-0.15, -0.1) is 0 Å². The summed E-state index contributed by atoms with van der Waals surface area (Å²) in [5.74, 6) is -1.63. The number of aliphatic hydroxyl groups excluding tert-OH is 1. The lowest BCUT2D eigenvalue weighted by atomic mass is 9.90. The van der Waals surface area contributed by atoms with Gasteiger partial charge in [-0.25, -0.2) is 8.42 Å². The van der Waals surface area contributed by atoms with E-state index in [0.717, 1.165) is 6.26 Å². The van der Waals surface area contributed by atoms with Gasteiger partial charge in [-0.2, -0.15) is 0 Å². The molecule has 6 nitrogen and oxygen atoms in total. The van der Waals surface area contributed by atoms with Gasteiger partial charge in [-0.1, -0.05) is 11.6 Å². The Morgan fingerprint density at radius 3 is 2.48 bits per heavy atom. The fourth-order valence-corrected chi connectivity index (χ4v) is 3.64. The van der Waals surface area contributed by atoms with Crippen LogP contribution >= 0.6 is 11.6 Å². The first-order chi connectivity index (χ1) is 10.7. The molecule has 0 saturated carbocycles. The Morgan fingerprint density at radius 2 is 1.96 bits per heavy atom. The predicted octanol–water partition coefficient (Wildman–Crippen LogP) is 2.50. The van der Waals surface area contributed by atoms with Crippen LogP contribution < -0.4 is 4.74 Å². The molecule has 1 aromatic rings. The van der Waals surface area contributed by atoms with Crippen LogP contribution in [0.25, 0.3) is 0 Å². The van der Waals surface area contributed by atoms with Crippen LogP contribution in [0, 0.1) is 0 Å². The molecule has 0 heterocycles. The molecular formula is C15H15ClO6S. The molecular weight excluding hydrogens is 344 g/mol. The van der Waals surface area contributed by atoms with Gasteiger partial charge in [0, 0.05) is 24.7 Å². The number of aliphatic hydroxyl groups is 1. The zero-order valence-corrected chi connectivity index (χ0v) is 14.1. The zero-order valence-electron chi connectivity index (χ0n) is 12.6. The van der Waals surface area contributed by atoms with Crippen molar-refractivity contribution in [3.8, 4) is 5.75 Å². The highest BCUT2D eigenvalue weighted by molar-refractivity contribution is 7.90. The zero-order chi connectivity index (χ0) is 17.4. The Kier molecular flexibility index (Phi) is 4.81. The molecule has 0 amide bonds. The first-order valence-electron chi connectivity index (χ1n) is 6.75. The number of carbonyl (C=O) groups excluding carboxylic acids is 2. The molecule has 8 heteroatoms. The molecule has 0 atom stereocenters. The summed E-state index contributed by atoms with van der Waals surface area (Å²) in [7, 11) is -2.38. The van der Waals surface area contributed by atoms with Crippen molar-refractivity contribution in [2.24, 2.45) is 0 Å². The lowest BCUT2D eigenvalue weighted by Gasteiger charge is -2.16. The first-order valence-corrected chi connectivity index (χ1v) is 9.02. The second-order valence-corrected chi connectivity index (χ2v) is 7.52. The summed E-state index contributed by atoms with van der Waals surface area (Å²) in [6, 6.07) is 2.41. The number of carbonyl (C=O) groups is 2. The summed E-state index contributed by atoms with van der Waals surface area (Å²) >= 11 is 6.10. The summed E-state index contributed by atoms with van der Waals surface area (Å²) in [5, 5.41) is 9.63. The number of ether oxygens (including phenoxy) is 1. The topological polar surface area (TPSA) is 97.7 Å². The molecule has 0 saturated heterocycles. The molecule has 0 aromatic heterocycles. The predicted molar refractivity (Wildman–Crippen MR) is 84.0 cm³/mol. The van der Waals surface area contributed by atoms with E-state index in [1.54, 1.807) is 0 Å². The van der Waals surface area contributed by atoms with Gasteiger partial charge in [0.2, 0.25) is 5.78 Å². The molecule has 1 aliphatic carbocycles. The van der Waals surface area contributed by atoms with Crippen LogP contribution in [-0.4, -0.2) is 38.5 Å². The molecule has 1 aromatic carbocycles. The quantitative estimate of drug-likeness (QED) is 0.656. The Balaban J connectivity index is 2.62. The van der Waals surface area contributed by atoms with E-state index in [-0.39, 0.29) is 45.4 Å². The van der Waals surface area contributed by atoms with Gasteiger partial charge in [0.1, 0.15) is 16.2 Å². The minimum Gasteiger partial charge on any atom is -0.511 e. The number of ketones is 2. The van der Waals surface area contributed by atoms with Crippen molar-refractivity contribution in [1.29, 1.82) is 0 Å². The van der Waals surface area contributed by atoms with E-state index in [0.29, 0.717) is 6.42 Å². The van der Waals surface area contributed by atoms with Gasteiger partial charge in [-0.05, 0) is 18.6 Å². The molecule has 0 spiro atoms. The van der Waals surface area contributed by atoms with Crippen LogP contribution in [0.5, 0.6) is 5.75 Å². The Morgan fingerprint density at radius 1 is 1.30 bits per heavy atom. The van der Waals surface area contributed by atoms with Crippen molar-refractivity contribution in [3.63, 3.8) is 0 Å². The number of hydrogen-bond acceptors (Lipinski definition) is 6. The number of methoxy groups -OCH3 is 1. The van der Waals surface area contributed by atoms with Gasteiger partial charge in [0.25, 0.3) is 0 Å². The van der Waals surface area contributed by atoms with E-state index in [2.05, 4.69) is 0 Å². The van der Waals surface area contributed by atoms with E-state index in [1.165, 1.54) is 19.2 Å². The minimum atomic E-state index is -3.61. The van der Waals surface area contributed by atoms with Crippen molar-refractivity contribution in [1.82, 2.24) is 0 Å². The van der Waals surface area contributed by atoms with Crippen molar-refractivity contribution >= 4 is 33.0 Å². The molecule has 1 aliphatic rings. The fourth-order valence-electron chi connectivity index (χ4n) is 2.42. The van der Waals surface area contributed by atoms with Crippen LogP contribution in [-0.2, 0) is 14.6 Å². The molecule has 0 unspecified atom stereocenters. The Labute approximate surface area is 138 Å². The van der Waals surface area contributed by atoms with Gasteiger partial charge in [0.05, 0.1) is 12.1 Å². The third-order valence-electron chi connectivity index (χ3n) is 3.52. The van der Waals surface area contributed by atoms with E-state index in [4.69, 9.17) is 16.3 Å². The monoisotopic (exact) mass is 358 g/mol. The molecule has 0 fully saturated rings. The molecule has 2 rings (SSSR count). The Bertz CT molecular complexity index is 823. The van der Waals surface area contributed by atoms with Crippen LogP contribution in [0.1, 0.15) is 29.6 Å². The maximum Gasteiger partial charge on any atom is 0.201 e. The normalized spacial score (nSPS) is 15.7. The van der Waals surface area contributed by atoms with Gasteiger partial charge in [-0.3, -0.25) is 9.59 Å². The second-order valence-electron chi connectivity index (χ2n) is 5.16. The average molecular weight is 359 g/mol. The largest absolute Gasteiger partial charge is 0.511 e. The van der Waals surface area contributed by atoms with Gasteiger partial charge in [0.15, 0.2) is 21.4 Å². The SMILES string of the molecule is COc1c(S(C)(=O)=O)ccc(C(=O)C2=C(O)CCCC2=O)c1Cl. The number of halogens is 1. The number of benzene rings is 1. The first kappa shape index (κ1) is 17.5. The lowest BCUT2D eigenvalue weighted by Crippen LogP contribution is -2.20. The van der Waals surface area contributed by atoms with Crippen LogP contribution in [0.15, 0.2) is 28.4 Å². The van der Waals surface area contributed by atoms with Crippen molar-refractivity contribution in [3.05, 3.63) is 34.1 Å². The molecule has 124 valence electrons. The van der Waals surface area contributed by atoms with Crippen molar-refractivity contribution < 1.29 is 27.9 Å². The number of sulfone groups is 1. The van der Waals surface area contributed by atoms with Crippen LogP contribution in [0.2, 0.25) is 5.02 Å². The summed E-state index contributed by atoms with van der Waals surface area (Å²) < 4.78 is 28.5. The minimum absolute atomic E-state index is 0.0901. The maximum atomic E-state index is 12.5. The second kappa shape index (κ2) is 6.33. The standard InChI is InChI=1S/C15H15ClO6S/c1-22-15-11(23(2,20)21)7-6-8(13(15)16)14(19)12-9(17)4-3-5-10(12)18/h6-7,17H,3-5H2,1-2H3. The Hall–Kier alpha value is -1.86. The van der Waals surface area contributed by atoms with E-state index < -0.39 is 21.4 Å². The van der Waals surface area contributed by atoms with Crippen LogP contribution in [0.3, 0.4) is 0 Å². The highest BCUT2D eigenvalue weighted by Gasteiger charge is 2.30. The average Bonchev–Trinajstić information content (AvgIpc) is 2.45. The smallest absolute Gasteiger partial charge is 0.201 e. The number of allylic oxidation sites excluding steroid dienone is 2. The summed E-state index contributed by atoms with van der Waals surface area (Å²) in [5.41, 5.74) is -0.389. The highest BCUT2D eigenvalue weighted by Crippen LogP contribution is 2.36. The molecule has 0 aliphatic heterocycles. The summed E-state index contributed by atoms with van der Waals surface area (Å²) in [4.78, 5) is 24.3. The van der Waals surface area contributed by atoms with Crippen molar-refractivity contribution in [2.45, 2.75) is 24.2 Å². The molecule has 1 N–H and O–H groups in total.